The number of alkyl halides is 3. The summed E-state index contributed by atoms with van der Waals surface area (Å²) in [6.45, 7) is 0. The van der Waals surface area contributed by atoms with E-state index in [1.807, 2.05) is 30.3 Å². The van der Waals surface area contributed by atoms with Crippen molar-refractivity contribution in [3.63, 3.8) is 0 Å². The van der Waals surface area contributed by atoms with E-state index in [1.54, 1.807) is 12.1 Å². The SMILES string of the molecule is Fc1cccc(-c2[nH]c(-c3ccccc3)nc2SCc2ccc(C(F)(F)F)cc2)c1. The fourth-order valence-electron chi connectivity index (χ4n) is 2.98. The second kappa shape index (κ2) is 8.36. The molecule has 0 saturated heterocycles. The highest BCUT2D eigenvalue weighted by molar-refractivity contribution is 7.98. The number of aromatic amines is 1. The molecule has 30 heavy (non-hydrogen) atoms. The first kappa shape index (κ1) is 20.2. The Hall–Kier alpha value is -3.06. The van der Waals surface area contributed by atoms with E-state index in [0.717, 1.165) is 23.3 Å². The molecule has 0 aliphatic rings. The number of hydrogen-bond donors (Lipinski definition) is 1. The van der Waals surface area contributed by atoms with Crippen LogP contribution in [0.3, 0.4) is 0 Å². The third-order valence-electron chi connectivity index (χ3n) is 4.49. The van der Waals surface area contributed by atoms with Gasteiger partial charge in [0.15, 0.2) is 0 Å². The van der Waals surface area contributed by atoms with Gasteiger partial charge in [-0.05, 0) is 29.8 Å². The molecule has 0 bridgehead atoms. The molecule has 0 fully saturated rings. The van der Waals surface area contributed by atoms with Crippen LogP contribution in [-0.2, 0) is 11.9 Å². The van der Waals surface area contributed by atoms with E-state index >= 15 is 0 Å². The summed E-state index contributed by atoms with van der Waals surface area (Å²) < 4.78 is 52.0. The normalized spacial score (nSPS) is 11.6. The minimum atomic E-state index is -4.36. The molecule has 0 saturated carbocycles. The van der Waals surface area contributed by atoms with Crippen molar-refractivity contribution in [3.05, 3.63) is 95.8 Å². The maximum absolute atomic E-state index is 13.8. The molecule has 1 heterocycles. The molecule has 0 radical (unpaired) electrons. The second-order valence-electron chi connectivity index (χ2n) is 6.63. The first-order valence-corrected chi connectivity index (χ1v) is 10.1. The number of benzene rings is 3. The maximum Gasteiger partial charge on any atom is 0.416 e. The van der Waals surface area contributed by atoms with Crippen molar-refractivity contribution in [3.8, 4) is 22.6 Å². The molecule has 0 unspecified atom stereocenters. The monoisotopic (exact) mass is 428 g/mol. The van der Waals surface area contributed by atoms with Crippen LogP contribution in [0.5, 0.6) is 0 Å². The first-order chi connectivity index (χ1) is 14.4. The van der Waals surface area contributed by atoms with Crippen LogP contribution < -0.4 is 0 Å². The fourth-order valence-corrected chi connectivity index (χ4v) is 3.94. The van der Waals surface area contributed by atoms with Gasteiger partial charge in [-0.15, -0.1) is 0 Å². The summed E-state index contributed by atoms with van der Waals surface area (Å²) in [5.74, 6) is 0.714. The molecule has 1 N–H and O–H groups in total. The largest absolute Gasteiger partial charge is 0.416 e. The first-order valence-electron chi connectivity index (χ1n) is 9.10. The molecule has 4 rings (SSSR count). The number of nitrogens with one attached hydrogen (secondary N) is 1. The van der Waals surface area contributed by atoms with Crippen LogP contribution in [0.25, 0.3) is 22.6 Å². The van der Waals surface area contributed by atoms with Crippen LogP contribution >= 0.6 is 11.8 Å². The van der Waals surface area contributed by atoms with Gasteiger partial charge in [0.05, 0.1) is 11.3 Å². The van der Waals surface area contributed by atoms with Crippen LogP contribution in [0.4, 0.5) is 17.6 Å². The standard InChI is InChI=1S/C23H16F4N2S/c24-19-8-4-7-17(13-19)20-22(29-21(28-20)16-5-2-1-3-6-16)30-14-15-9-11-18(12-10-15)23(25,26)27/h1-13H,14H2,(H,28,29). The molecule has 152 valence electrons. The Morgan fingerprint density at radius 1 is 0.833 bits per heavy atom. The van der Waals surface area contributed by atoms with Gasteiger partial charge in [0.25, 0.3) is 0 Å². The lowest BCUT2D eigenvalue weighted by Gasteiger charge is -2.07. The van der Waals surface area contributed by atoms with Crippen molar-refractivity contribution in [1.82, 2.24) is 9.97 Å². The van der Waals surface area contributed by atoms with Crippen LogP contribution in [0, 0.1) is 5.82 Å². The zero-order valence-corrected chi connectivity index (χ0v) is 16.4. The predicted molar refractivity (Wildman–Crippen MR) is 110 cm³/mol. The van der Waals surface area contributed by atoms with E-state index in [4.69, 9.17) is 0 Å². The van der Waals surface area contributed by atoms with Crippen LogP contribution in [0.1, 0.15) is 11.1 Å². The summed E-state index contributed by atoms with van der Waals surface area (Å²) in [6.07, 6.45) is -4.36. The number of nitrogens with zero attached hydrogens (tertiary/aromatic N) is 1. The summed E-state index contributed by atoms with van der Waals surface area (Å²) >= 11 is 1.38. The van der Waals surface area contributed by atoms with Gasteiger partial charge in [-0.2, -0.15) is 13.2 Å². The maximum atomic E-state index is 13.8. The van der Waals surface area contributed by atoms with Crippen molar-refractivity contribution in [2.24, 2.45) is 0 Å². The molecule has 4 aromatic rings. The fraction of sp³-hybridized carbons (Fsp3) is 0.0870. The number of H-pyrrole nitrogens is 1. The van der Waals surface area contributed by atoms with E-state index in [9.17, 15) is 17.6 Å². The van der Waals surface area contributed by atoms with Crippen molar-refractivity contribution in [2.75, 3.05) is 0 Å². The smallest absolute Gasteiger partial charge is 0.337 e. The number of halogens is 4. The lowest BCUT2D eigenvalue weighted by molar-refractivity contribution is -0.137. The Labute approximate surface area is 175 Å². The van der Waals surface area contributed by atoms with Crippen molar-refractivity contribution in [2.45, 2.75) is 17.0 Å². The molecule has 2 nitrogen and oxygen atoms in total. The van der Waals surface area contributed by atoms with Crippen molar-refractivity contribution >= 4 is 11.8 Å². The van der Waals surface area contributed by atoms with E-state index < -0.39 is 11.7 Å². The Morgan fingerprint density at radius 3 is 2.20 bits per heavy atom. The van der Waals surface area contributed by atoms with Gasteiger partial charge < -0.3 is 4.98 Å². The van der Waals surface area contributed by atoms with Crippen LogP contribution in [0.2, 0.25) is 0 Å². The van der Waals surface area contributed by atoms with Crippen molar-refractivity contribution in [1.29, 1.82) is 0 Å². The molecule has 0 aliphatic heterocycles. The summed E-state index contributed by atoms with van der Waals surface area (Å²) in [7, 11) is 0. The highest BCUT2D eigenvalue weighted by Crippen LogP contribution is 2.35. The topological polar surface area (TPSA) is 28.7 Å². The Kier molecular flexibility index (Phi) is 5.63. The third-order valence-corrected chi connectivity index (χ3v) is 5.53. The lowest BCUT2D eigenvalue weighted by atomic mass is 10.1. The molecule has 0 aliphatic carbocycles. The van der Waals surface area contributed by atoms with E-state index in [1.165, 1.54) is 36.0 Å². The highest BCUT2D eigenvalue weighted by atomic mass is 32.2. The summed E-state index contributed by atoms with van der Waals surface area (Å²) in [4.78, 5) is 7.92. The van der Waals surface area contributed by atoms with Crippen molar-refractivity contribution < 1.29 is 17.6 Å². The average Bonchev–Trinajstić information content (AvgIpc) is 3.17. The van der Waals surface area contributed by atoms with Gasteiger partial charge in [-0.3, -0.25) is 0 Å². The molecule has 7 heteroatoms. The minimum absolute atomic E-state index is 0.359. The van der Waals surface area contributed by atoms with Gasteiger partial charge in [0, 0.05) is 16.9 Å². The molecule has 0 amide bonds. The number of imidazole rings is 1. The molecule has 0 spiro atoms. The van der Waals surface area contributed by atoms with Gasteiger partial charge in [-0.1, -0.05) is 66.4 Å². The number of thioether (sulfide) groups is 1. The zero-order valence-electron chi connectivity index (χ0n) is 15.6. The van der Waals surface area contributed by atoms with Crippen LogP contribution in [-0.4, -0.2) is 9.97 Å². The van der Waals surface area contributed by atoms with Crippen LogP contribution in [0.15, 0.2) is 83.9 Å². The van der Waals surface area contributed by atoms with Gasteiger partial charge in [0.2, 0.25) is 0 Å². The zero-order chi connectivity index (χ0) is 21.1. The quantitative estimate of drug-likeness (QED) is 0.269. The Bertz CT molecular complexity index is 1140. The van der Waals surface area contributed by atoms with E-state index in [-0.39, 0.29) is 5.82 Å². The van der Waals surface area contributed by atoms with E-state index in [0.29, 0.717) is 27.9 Å². The average molecular weight is 428 g/mol. The number of aromatic nitrogens is 2. The number of hydrogen-bond acceptors (Lipinski definition) is 2. The molecular weight excluding hydrogens is 412 g/mol. The van der Waals surface area contributed by atoms with Gasteiger partial charge >= 0.3 is 6.18 Å². The third kappa shape index (κ3) is 4.57. The highest BCUT2D eigenvalue weighted by Gasteiger charge is 2.29. The minimum Gasteiger partial charge on any atom is -0.337 e. The van der Waals surface area contributed by atoms with Gasteiger partial charge in [-0.25, -0.2) is 9.37 Å². The second-order valence-corrected chi connectivity index (χ2v) is 7.59. The number of rotatable bonds is 5. The lowest BCUT2D eigenvalue weighted by Crippen LogP contribution is -2.04. The van der Waals surface area contributed by atoms with E-state index in [2.05, 4.69) is 9.97 Å². The molecule has 0 atom stereocenters. The summed E-state index contributed by atoms with van der Waals surface area (Å²) in [5, 5.41) is 0.652. The summed E-state index contributed by atoms with van der Waals surface area (Å²) in [6, 6.07) is 20.8. The molecular formula is C23H16F4N2S. The summed E-state index contributed by atoms with van der Waals surface area (Å²) in [5.41, 5.74) is 2.27. The Balaban J connectivity index is 1.63. The Morgan fingerprint density at radius 2 is 1.53 bits per heavy atom. The molecule has 1 aromatic heterocycles. The van der Waals surface area contributed by atoms with Gasteiger partial charge in [0.1, 0.15) is 16.7 Å². The molecule has 3 aromatic carbocycles. The predicted octanol–water partition coefficient (Wildman–Crippen LogP) is 7.19.